The maximum atomic E-state index is 7.35. The highest BCUT2D eigenvalue weighted by atomic mass is 16.3. The van der Waals surface area contributed by atoms with Crippen molar-refractivity contribution in [2.24, 2.45) is 7.05 Å². The average molecular weight is 391 g/mol. The van der Waals surface area contributed by atoms with Gasteiger partial charge in [-0.1, -0.05) is 44.2 Å². The molecule has 0 saturated heterocycles. The molecule has 146 valence electrons. The van der Waals surface area contributed by atoms with Crippen LogP contribution in [0.3, 0.4) is 0 Å². The van der Waals surface area contributed by atoms with Crippen LogP contribution >= 0.6 is 0 Å². The molecular formula is C27H23N2O+. The average Bonchev–Trinajstić information content (AvgIpc) is 3.11. The van der Waals surface area contributed by atoms with Gasteiger partial charge >= 0.3 is 0 Å². The summed E-state index contributed by atoms with van der Waals surface area (Å²) in [6, 6.07) is 18.8. The summed E-state index contributed by atoms with van der Waals surface area (Å²) in [5.41, 5.74) is 7.09. The predicted molar refractivity (Wildman–Crippen MR) is 123 cm³/mol. The summed E-state index contributed by atoms with van der Waals surface area (Å²) in [5.74, 6) is 0.490. The Morgan fingerprint density at radius 3 is 2.50 bits per heavy atom. The van der Waals surface area contributed by atoms with Crippen LogP contribution in [0.4, 0.5) is 5.69 Å². The zero-order valence-electron chi connectivity index (χ0n) is 17.7. The first-order valence-electron chi connectivity index (χ1n) is 10.2. The second-order valence-corrected chi connectivity index (χ2v) is 8.31. The lowest BCUT2D eigenvalue weighted by Crippen LogP contribution is -2.30. The quantitative estimate of drug-likeness (QED) is 0.230. The van der Waals surface area contributed by atoms with Crippen molar-refractivity contribution in [3.8, 4) is 11.3 Å². The van der Waals surface area contributed by atoms with Gasteiger partial charge in [-0.2, -0.15) is 0 Å². The van der Waals surface area contributed by atoms with Gasteiger partial charge in [0.05, 0.1) is 17.5 Å². The van der Waals surface area contributed by atoms with Gasteiger partial charge in [0.25, 0.3) is 0 Å². The van der Waals surface area contributed by atoms with Gasteiger partial charge < -0.3 is 4.42 Å². The van der Waals surface area contributed by atoms with Crippen LogP contribution in [0.15, 0.2) is 65.2 Å². The van der Waals surface area contributed by atoms with Crippen molar-refractivity contribution >= 4 is 38.4 Å². The maximum Gasteiger partial charge on any atom is 0.224 e. The molecule has 0 aliphatic rings. The molecule has 5 rings (SSSR count). The molecule has 0 unspecified atom stereocenters. The first-order valence-corrected chi connectivity index (χ1v) is 10.2. The van der Waals surface area contributed by atoms with E-state index in [1.165, 1.54) is 21.9 Å². The van der Waals surface area contributed by atoms with E-state index in [0.29, 0.717) is 11.6 Å². The van der Waals surface area contributed by atoms with Gasteiger partial charge in [0.2, 0.25) is 5.69 Å². The summed E-state index contributed by atoms with van der Waals surface area (Å²) in [6.45, 7) is 13.9. The minimum Gasteiger partial charge on any atom is -0.455 e. The number of hydrogen-bond donors (Lipinski definition) is 0. The van der Waals surface area contributed by atoms with Crippen molar-refractivity contribution in [1.82, 2.24) is 0 Å². The summed E-state index contributed by atoms with van der Waals surface area (Å²) in [4.78, 5) is 3.59. The Bertz CT molecular complexity index is 1500. The van der Waals surface area contributed by atoms with Crippen molar-refractivity contribution < 1.29 is 8.98 Å². The Labute approximate surface area is 176 Å². The standard InChI is InChI=1S/C27H23N2O/c1-16(2)18-7-10-21-19(14-18)12-13-29(5)26(21)25-17(3)6-9-22-23-15-20(28-4)8-11-24(23)30-27(22)25/h6-16H,1-3,5H3/q+1. The van der Waals surface area contributed by atoms with Crippen LogP contribution in [0.25, 0.3) is 48.8 Å². The minimum absolute atomic E-state index is 0.490. The number of hydrogen-bond acceptors (Lipinski definition) is 1. The molecule has 30 heavy (non-hydrogen) atoms. The molecular weight excluding hydrogens is 368 g/mol. The third-order valence-electron chi connectivity index (χ3n) is 6.03. The zero-order chi connectivity index (χ0) is 21.0. The summed E-state index contributed by atoms with van der Waals surface area (Å²) in [5, 5.41) is 4.48. The molecule has 5 aromatic rings. The minimum atomic E-state index is 0.490. The van der Waals surface area contributed by atoms with E-state index in [-0.39, 0.29) is 0 Å². The lowest BCUT2D eigenvalue weighted by molar-refractivity contribution is -0.659. The summed E-state index contributed by atoms with van der Waals surface area (Å²) in [7, 11) is 2.09. The molecule has 0 atom stereocenters. The highest BCUT2D eigenvalue weighted by Crippen LogP contribution is 2.40. The largest absolute Gasteiger partial charge is 0.455 e. The van der Waals surface area contributed by atoms with Crippen LogP contribution in [0.5, 0.6) is 0 Å². The fraction of sp³-hybridized carbons (Fsp3) is 0.185. The Balaban J connectivity index is 1.89. The number of furan rings is 1. The van der Waals surface area contributed by atoms with E-state index < -0.39 is 0 Å². The van der Waals surface area contributed by atoms with E-state index in [9.17, 15) is 0 Å². The molecule has 0 saturated carbocycles. The van der Waals surface area contributed by atoms with Crippen molar-refractivity contribution in [2.75, 3.05) is 0 Å². The van der Waals surface area contributed by atoms with Gasteiger partial charge in [-0.05, 0) is 47.6 Å². The van der Waals surface area contributed by atoms with Crippen LogP contribution in [-0.2, 0) is 7.05 Å². The third-order valence-corrected chi connectivity index (χ3v) is 6.03. The number of nitrogens with zero attached hydrogens (tertiary/aromatic N) is 2. The fourth-order valence-corrected chi connectivity index (χ4v) is 4.35. The molecule has 0 radical (unpaired) electrons. The number of benzene rings is 3. The van der Waals surface area contributed by atoms with Gasteiger partial charge in [-0.25, -0.2) is 9.41 Å². The van der Waals surface area contributed by atoms with E-state index in [4.69, 9.17) is 11.0 Å². The Morgan fingerprint density at radius 2 is 1.73 bits per heavy atom. The van der Waals surface area contributed by atoms with E-state index in [0.717, 1.165) is 33.2 Å². The van der Waals surface area contributed by atoms with E-state index >= 15 is 0 Å². The zero-order valence-corrected chi connectivity index (χ0v) is 17.7. The van der Waals surface area contributed by atoms with Crippen molar-refractivity contribution in [2.45, 2.75) is 26.7 Å². The van der Waals surface area contributed by atoms with Gasteiger partial charge in [0.1, 0.15) is 18.2 Å². The van der Waals surface area contributed by atoms with E-state index in [2.05, 4.69) is 79.8 Å². The molecule has 3 nitrogen and oxygen atoms in total. The van der Waals surface area contributed by atoms with E-state index in [1.54, 1.807) is 0 Å². The maximum absolute atomic E-state index is 7.35. The molecule has 0 amide bonds. The second-order valence-electron chi connectivity index (χ2n) is 8.31. The first kappa shape index (κ1) is 18.4. The van der Waals surface area contributed by atoms with Gasteiger partial charge in [0.15, 0.2) is 11.9 Å². The molecule has 3 heteroatoms. The van der Waals surface area contributed by atoms with Gasteiger partial charge in [-0.3, -0.25) is 0 Å². The highest BCUT2D eigenvalue weighted by molar-refractivity contribution is 6.12. The monoisotopic (exact) mass is 391 g/mol. The summed E-state index contributed by atoms with van der Waals surface area (Å²) >= 11 is 0. The van der Waals surface area contributed by atoms with Crippen LogP contribution in [-0.4, -0.2) is 0 Å². The molecule has 0 bridgehead atoms. The lowest BCUT2D eigenvalue weighted by atomic mass is 9.94. The molecule has 0 spiro atoms. The molecule has 0 aliphatic carbocycles. The number of aromatic nitrogens is 1. The third kappa shape index (κ3) is 2.69. The molecule has 2 aromatic heterocycles. The molecule has 3 aromatic carbocycles. The molecule has 0 N–H and O–H groups in total. The van der Waals surface area contributed by atoms with Gasteiger partial charge in [-0.15, -0.1) is 0 Å². The first-order chi connectivity index (χ1) is 14.5. The van der Waals surface area contributed by atoms with Crippen LogP contribution < -0.4 is 4.57 Å². The Hall–Kier alpha value is -3.64. The molecule has 2 heterocycles. The van der Waals surface area contributed by atoms with Crippen LogP contribution in [0, 0.1) is 13.5 Å². The fourth-order valence-electron chi connectivity index (χ4n) is 4.35. The number of rotatable bonds is 2. The Morgan fingerprint density at radius 1 is 0.933 bits per heavy atom. The SMILES string of the molecule is [C-]#[N+]c1ccc2oc3c(-c4c5ccc(C(C)C)cc5cc[n+]4C)c(C)ccc3c2c1. The molecule has 0 aliphatic heterocycles. The Kier molecular flexibility index (Phi) is 4.11. The van der Waals surface area contributed by atoms with Crippen molar-refractivity contribution in [1.29, 1.82) is 0 Å². The number of aryl methyl sites for hydroxylation is 2. The van der Waals surface area contributed by atoms with Crippen LogP contribution in [0.2, 0.25) is 0 Å². The van der Waals surface area contributed by atoms with E-state index in [1.807, 2.05) is 18.2 Å². The predicted octanol–water partition coefficient (Wildman–Crippen LogP) is 7.21. The topological polar surface area (TPSA) is 21.4 Å². The van der Waals surface area contributed by atoms with Gasteiger partial charge in [0, 0.05) is 16.8 Å². The second kappa shape index (κ2) is 6.71. The smallest absolute Gasteiger partial charge is 0.224 e. The summed E-state index contributed by atoms with van der Waals surface area (Å²) < 4.78 is 8.55. The van der Waals surface area contributed by atoms with Crippen LogP contribution in [0.1, 0.15) is 30.9 Å². The normalized spacial score (nSPS) is 11.6. The highest BCUT2D eigenvalue weighted by Gasteiger charge is 2.23. The number of pyridine rings is 1. The summed E-state index contributed by atoms with van der Waals surface area (Å²) in [6.07, 6.45) is 2.12. The van der Waals surface area contributed by atoms with Crippen molar-refractivity contribution in [3.05, 3.63) is 83.3 Å². The number of fused-ring (bicyclic) bond motifs is 4. The lowest BCUT2D eigenvalue weighted by Gasteiger charge is -2.11. The van der Waals surface area contributed by atoms with Crippen molar-refractivity contribution in [3.63, 3.8) is 0 Å². The molecule has 0 fully saturated rings.